The van der Waals surface area contributed by atoms with E-state index in [1.54, 1.807) is 48.5 Å². The van der Waals surface area contributed by atoms with Crippen LogP contribution in [0, 0.1) is 36.5 Å². The van der Waals surface area contributed by atoms with Crippen LogP contribution in [0.15, 0.2) is 437 Å². The van der Waals surface area contributed by atoms with Crippen molar-refractivity contribution in [3.63, 3.8) is 0 Å². The summed E-state index contributed by atoms with van der Waals surface area (Å²) in [5, 5.41) is 23.6. The molecule has 0 unspecified atom stereocenters. The Morgan fingerprint density at radius 1 is 0.268 bits per heavy atom. The first-order chi connectivity index (χ1) is 69.1. The van der Waals surface area contributed by atoms with Gasteiger partial charge in [0.05, 0.1) is 57.2 Å². The fourth-order valence-corrected chi connectivity index (χ4v) is 21.8. The van der Waals surface area contributed by atoms with E-state index in [-0.39, 0.29) is 12.0 Å². The predicted octanol–water partition coefficient (Wildman–Crippen LogP) is 25.5. The first kappa shape index (κ1) is 94.0. The van der Waals surface area contributed by atoms with Gasteiger partial charge < -0.3 is 27.9 Å². The molecule has 0 bridgehead atoms. The second-order valence-electron chi connectivity index (χ2n) is 34.9. The SMILES string of the molecule is Cc1ccc(-c2cc(-c3cccc(-c4cccc(-c5nc(Oc6ccccc6)nc(-c6ccc(C#N)cc6)n5)c4)c3)nc(-c3ccc(P(=O)(c4ccccc4)c4ccccc4)cc3)n2)cc1.Cc1ccc(-c2cc(-c3cccc(B4OC(C)(C)C(C)(C)O4)c3)nc(-c3ccc(P(=O)(c4ccccc4)c4ccccc4)cc3)n2)cc1.N#Cc1ccc(-c2nc(Oc3ccccc3)nc(-c3cccc(Cl)c3)n2)cc1. The molecule has 0 spiro atoms. The van der Waals surface area contributed by atoms with Crippen LogP contribution in [0.1, 0.15) is 49.9 Å². The smallest absolute Gasteiger partial charge is 0.424 e. The summed E-state index contributed by atoms with van der Waals surface area (Å²) < 4.78 is 54.8. The zero-order chi connectivity index (χ0) is 97.7. The Morgan fingerprint density at radius 3 is 0.901 bits per heavy atom. The van der Waals surface area contributed by atoms with Crippen LogP contribution >= 0.6 is 25.9 Å². The lowest BCUT2D eigenvalue weighted by Crippen LogP contribution is -2.41. The topological polar surface area (TPSA) is 248 Å². The van der Waals surface area contributed by atoms with Gasteiger partial charge in [0.25, 0.3) is 0 Å². The van der Waals surface area contributed by atoms with E-state index in [2.05, 4.69) is 165 Å². The van der Waals surface area contributed by atoms with Crippen LogP contribution < -0.4 is 46.8 Å². The van der Waals surface area contributed by atoms with Gasteiger partial charge in [-0.1, -0.05) is 350 Å². The Hall–Kier alpha value is -17.0. The zero-order valence-electron chi connectivity index (χ0n) is 78.2. The molecule has 16 aromatic carbocycles. The number of aryl methyl sites for hydroxylation is 2. The number of nitriles is 2. The van der Waals surface area contributed by atoms with Crippen molar-refractivity contribution in [2.24, 2.45) is 0 Å². The van der Waals surface area contributed by atoms with E-state index < -0.39 is 32.6 Å². The Morgan fingerprint density at radius 2 is 0.542 bits per heavy atom. The van der Waals surface area contributed by atoms with Crippen LogP contribution in [0.25, 0.3) is 124 Å². The summed E-state index contributed by atoms with van der Waals surface area (Å²) >= 11 is 6.12. The van der Waals surface area contributed by atoms with Crippen molar-refractivity contribution in [1.29, 1.82) is 10.5 Å². The molecule has 21 rings (SSSR count). The predicted molar refractivity (Wildman–Crippen MR) is 569 cm³/mol. The number of benzene rings is 16. The van der Waals surface area contributed by atoms with Gasteiger partial charge in [0.1, 0.15) is 11.5 Å². The lowest BCUT2D eigenvalue weighted by molar-refractivity contribution is 0.00578. The molecule has 0 saturated carbocycles. The van der Waals surface area contributed by atoms with Gasteiger partial charge in [-0.3, -0.25) is 0 Å². The Balaban J connectivity index is 0.000000147. The highest BCUT2D eigenvalue weighted by molar-refractivity contribution is 7.85. The highest BCUT2D eigenvalue weighted by Crippen LogP contribution is 2.46. The molecular formula is C120H90BClN12O6P2. The van der Waals surface area contributed by atoms with Crippen LogP contribution in [0.5, 0.6) is 23.5 Å². The molecule has 0 atom stereocenters. The standard InChI is InChI=1S/C57H39N6O2P.C41H38BN2O3P.C22H13ClN4O/c1-39-23-27-41(28-24-39)52-37-53(60-54(59-52)43-31-33-51(34-32-43)66(64,49-19-7-3-8-20-49)50-21-9-4-10-22-50)46-15-11-13-44(35-46)45-14-12-16-47(36-45)56-61-55(42-29-25-40(38-58)26-30-42)62-57(63-56)65-48-17-5-2-6-18-48;1-29-19-21-30(22-20-29)37-28-38(32-13-12-14-33(27-32)42-46-40(2,3)41(4,5)47-42)44-39(43-37)31-23-25-36(26-24-31)48(45,34-15-8-6-9-16-34)35-17-10-7-11-18-35;23-18-6-4-5-17(13-18)21-25-20(16-11-9-15(14-24)10-12-16)26-22(27-21)28-19-7-2-1-3-8-19/h2-37H,1H3;6-28H,1-5H3;1-13H. The molecule has 22 heteroatoms. The molecule has 686 valence electrons. The van der Waals surface area contributed by atoms with E-state index in [9.17, 15) is 9.83 Å². The molecule has 1 saturated heterocycles. The third-order valence-corrected chi connectivity index (χ3v) is 31.1. The number of ether oxygens (including phenoxy) is 2. The number of hydrogen-bond acceptors (Lipinski definition) is 18. The first-order valence-corrected chi connectivity index (χ1v) is 49.9. The highest BCUT2D eigenvalue weighted by Gasteiger charge is 2.52. The first-order valence-electron chi connectivity index (χ1n) is 46.1. The number of rotatable bonds is 22. The second kappa shape index (κ2) is 41.8. The van der Waals surface area contributed by atoms with E-state index in [0.29, 0.717) is 62.6 Å². The number of nitrogens with zero attached hydrogens (tertiary/aromatic N) is 12. The third-order valence-electron chi connectivity index (χ3n) is 24.7. The van der Waals surface area contributed by atoms with Gasteiger partial charge in [-0.2, -0.15) is 30.5 Å². The van der Waals surface area contributed by atoms with Crippen LogP contribution in [0.2, 0.25) is 5.02 Å². The molecule has 0 aliphatic carbocycles. The van der Waals surface area contributed by atoms with Crippen molar-refractivity contribution in [2.75, 3.05) is 0 Å². The van der Waals surface area contributed by atoms with E-state index in [1.807, 2.05) is 297 Å². The monoisotopic (exact) mass is 1900 g/mol. The van der Waals surface area contributed by atoms with Crippen LogP contribution in [0.3, 0.4) is 0 Å². The lowest BCUT2D eigenvalue weighted by atomic mass is 9.78. The molecule has 142 heavy (non-hydrogen) atoms. The lowest BCUT2D eigenvalue weighted by Gasteiger charge is -2.32. The van der Waals surface area contributed by atoms with Gasteiger partial charge in [0.15, 0.2) is 49.2 Å². The Kier molecular flexibility index (Phi) is 27.6. The van der Waals surface area contributed by atoms with Gasteiger partial charge in [-0.25, -0.2) is 29.9 Å². The molecular weight excluding hydrogens is 1810 g/mol. The molecule has 1 aliphatic heterocycles. The van der Waals surface area contributed by atoms with Gasteiger partial charge in [-0.15, -0.1) is 0 Å². The second-order valence-corrected chi connectivity index (χ2v) is 40.9. The number of halogens is 1. The van der Waals surface area contributed by atoms with Crippen molar-refractivity contribution < 1.29 is 27.9 Å². The molecule has 1 fully saturated rings. The maximum Gasteiger partial charge on any atom is 0.494 e. The van der Waals surface area contributed by atoms with Crippen LogP contribution in [-0.4, -0.2) is 68.2 Å². The fourth-order valence-electron chi connectivity index (χ4n) is 16.3. The quantitative estimate of drug-likeness (QED) is 0.0452. The minimum absolute atomic E-state index is 0.151. The fraction of sp³-hybridized carbons (Fsp3) is 0.0667. The van der Waals surface area contributed by atoms with E-state index in [0.717, 1.165) is 132 Å². The molecule has 1 aliphatic rings. The summed E-state index contributed by atoms with van der Waals surface area (Å²) in [7, 11) is -6.76. The summed E-state index contributed by atoms with van der Waals surface area (Å²) in [6.45, 7) is 12.4. The van der Waals surface area contributed by atoms with Gasteiger partial charge in [-0.05, 0) is 173 Å². The Bertz CT molecular complexity index is 8030. The van der Waals surface area contributed by atoms with Crippen LogP contribution in [-0.2, 0) is 18.4 Å². The average molecular weight is 1900 g/mol. The molecule has 0 N–H and O–H groups in total. The Labute approximate surface area is 829 Å². The summed E-state index contributed by atoms with van der Waals surface area (Å²) in [4.78, 5) is 48.2. The number of para-hydroxylation sites is 2. The average Bonchev–Trinajstić information content (AvgIpc) is 1.15. The maximum atomic E-state index is 15.1. The molecule has 18 nitrogen and oxygen atoms in total. The number of hydrogen-bond donors (Lipinski definition) is 0. The van der Waals surface area contributed by atoms with Gasteiger partial charge >= 0.3 is 19.1 Å². The van der Waals surface area contributed by atoms with E-state index in [1.165, 1.54) is 5.56 Å². The zero-order valence-corrected chi connectivity index (χ0v) is 80.8. The largest absolute Gasteiger partial charge is 0.494 e. The maximum absolute atomic E-state index is 15.1. The molecule has 0 amide bonds. The summed E-state index contributed by atoms with van der Waals surface area (Å²) in [6, 6.07) is 144. The molecule has 4 aromatic heterocycles. The number of aromatic nitrogens is 10. The van der Waals surface area contributed by atoms with Crippen molar-refractivity contribution in [2.45, 2.75) is 52.7 Å². The van der Waals surface area contributed by atoms with Crippen molar-refractivity contribution in [3.8, 4) is 160 Å². The third kappa shape index (κ3) is 21.2. The van der Waals surface area contributed by atoms with Crippen molar-refractivity contribution in [1.82, 2.24) is 49.8 Å². The van der Waals surface area contributed by atoms with Gasteiger partial charge in [0, 0.05) is 86.9 Å². The van der Waals surface area contributed by atoms with E-state index >= 15 is 4.57 Å². The molecule has 0 radical (unpaired) electrons. The minimum atomic E-state index is -3.17. The normalized spacial score (nSPS) is 12.4. The van der Waals surface area contributed by atoms with Gasteiger partial charge in [0.2, 0.25) is 0 Å². The van der Waals surface area contributed by atoms with Crippen LogP contribution in [0.4, 0.5) is 0 Å². The molecule has 5 heterocycles. The van der Waals surface area contributed by atoms with E-state index in [4.69, 9.17) is 65.5 Å². The highest BCUT2D eigenvalue weighted by atomic mass is 35.5. The summed E-state index contributed by atoms with van der Waals surface area (Å²) in [5.41, 5.74) is 17.0. The van der Waals surface area contributed by atoms with Crippen molar-refractivity contribution >= 4 is 70.3 Å². The van der Waals surface area contributed by atoms with Crippen molar-refractivity contribution in [3.05, 3.63) is 464 Å². The molecule has 20 aromatic rings. The summed E-state index contributed by atoms with van der Waals surface area (Å²) in [6.07, 6.45) is 0. The minimum Gasteiger partial charge on any atom is -0.424 e. The summed E-state index contributed by atoms with van der Waals surface area (Å²) in [5.74, 6) is 4.11.